The van der Waals surface area contributed by atoms with Crippen LogP contribution in [0.2, 0.25) is 0 Å². The zero-order chi connectivity index (χ0) is 18.5. The molecule has 3 heterocycles. The van der Waals surface area contributed by atoms with Gasteiger partial charge >= 0.3 is 0 Å². The molecule has 2 aromatic heterocycles. The highest BCUT2D eigenvalue weighted by Crippen LogP contribution is 2.18. The van der Waals surface area contributed by atoms with E-state index in [1.807, 2.05) is 18.2 Å². The number of carbonyl (C=O) groups excluding carboxylic acids is 1. The molecule has 0 radical (unpaired) electrons. The molecule has 1 aliphatic heterocycles. The lowest BCUT2D eigenvalue weighted by Crippen LogP contribution is -2.45. The molecule has 7 heteroatoms. The van der Waals surface area contributed by atoms with E-state index in [0.29, 0.717) is 18.0 Å². The number of pyridine rings is 2. The molecule has 1 aliphatic rings. The first-order chi connectivity index (χ1) is 12.6. The summed E-state index contributed by atoms with van der Waals surface area (Å²) < 4.78 is 10.9. The van der Waals surface area contributed by atoms with Crippen molar-refractivity contribution in [3.8, 4) is 5.88 Å². The standard InChI is InChI=1S/C19H24N4O3/c1-13-11-23(12-14(2)26-13)17-7-6-15(9-21-17)18(24)22-10-16-5-4-8-20-19(16)25-3/h4-9,13-14H,10-12H2,1-3H3,(H,22,24)/t13-,14-/m0/s1. The van der Waals surface area contributed by atoms with Crippen molar-refractivity contribution >= 4 is 11.7 Å². The van der Waals surface area contributed by atoms with Crippen LogP contribution in [0.25, 0.3) is 0 Å². The van der Waals surface area contributed by atoms with Gasteiger partial charge in [-0.1, -0.05) is 6.07 Å². The summed E-state index contributed by atoms with van der Waals surface area (Å²) in [6.07, 6.45) is 3.59. The van der Waals surface area contributed by atoms with Gasteiger partial charge in [0.25, 0.3) is 5.91 Å². The number of aromatic nitrogens is 2. The third kappa shape index (κ3) is 4.29. The van der Waals surface area contributed by atoms with E-state index >= 15 is 0 Å². The van der Waals surface area contributed by atoms with E-state index in [2.05, 4.69) is 34.0 Å². The van der Waals surface area contributed by atoms with Gasteiger partial charge in [0.2, 0.25) is 5.88 Å². The largest absolute Gasteiger partial charge is 0.481 e. The Bertz CT molecular complexity index is 741. The fourth-order valence-electron chi connectivity index (χ4n) is 3.09. The first-order valence-electron chi connectivity index (χ1n) is 8.69. The minimum atomic E-state index is -0.182. The quantitative estimate of drug-likeness (QED) is 0.883. The van der Waals surface area contributed by atoms with Crippen LogP contribution in [0.5, 0.6) is 5.88 Å². The van der Waals surface area contributed by atoms with Crippen LogP contribution >= 0.6 is 0 Å². The molecule has 0 aliphatic carbocycles. The lowest BCUT2D eigenvalue weighted by atomic mass is 10.2. The zero-order valence-corrected chi connectivity index (χ0v) is 15.3. The second-order valence-electron chi connectivity index (χ2n) is 6.42. The topological polar surface area (TPSA) is 76.6 Å². The van der Waals surface area contributed by atoms with Crippen LogP contribution in [0.15, 0.2) is 36.7 Å². The second-order valence-corrected chi connectivity index (χ2v) is 6.42. The Morgan fingerprint density at radius 3 is 2.69 bits per heavy atom. The second kappa shape index (κ2) is 8.14. The third-order valence-electron chi connectivity index (χ3n) is 4.24. The molecule has 1 N–H and O–H groups in total. The highest BCUT2D eigenvalue weighted by Gasteiger charge is 2.23. The predicted molar refractivity (Wildman–Crippen MR) is 98.4 cm³/mol. The lowest BCUT2D eigenvalue weighted by molar-refractivity contribution is -0.00546. The first-order valence-corrected chi connectivity index (χ1v) is 8.69. The van der Waals surface area contributed by atoms with Crippen LogP contribution in [-0.2, 0) is 11.3 Å². The third-order valence-corrected chi connectivity index (χ3v) is 4.24. The number of nitrogens with zero attached hydrogens (tertiary/aromatic N) is 3. The van der Waals surface area contributed by atoms with Gasteiger partial charge in [-0.25, -0.2) is 9.97 Å². The fourth-order valence-corrected chi connectivity index (χ4v) is 3.09. The van der Waals surface area contributed by atoms with Crippen molar-refractivity contribution in [3.63, 3.8) is 0 Å². The maximum Gasteiger partial charge on any atom is 0.253 e. The molecule has 3 rings (SSSR count). The molecule has 7 nitrogen and oxygen atoms in total. The highest BCUT2D eigenvalue weighted by molar-refractivity contribution is 5.94. The Labute approximate surface area is 153 Å². The summed E-state index contributed by atoms with van der Waals surface area (Å²) in [5.74, 6) is 1.19. The van der Waals surface area contributed by atoms with Crippen molar-refractivity contribution < 1.29 is 14.3 Å². The Balaban J connectivity index is 1.62. The molecule has 1 saturated heterocycles. The number of hydrogen-bond acceptors (Lipinski definition) is 6. The SMILES string of the molecule is COc1ncccc1CNC(=O)c1ccc(N2C[C@H](C)O[C@@H](C)C2)nc1. The zero-order valence-electron chi connectivity index (χ0n) is 15.3. The van der Waals surface area contributed by atoms with Gasteiger partial charge in [-0.2, -0.15) is 0 Å². The van der Waals surface area contributed by atoms with Crippen molar-refractivity contribution in [2.45, 2.75) is 32.6 Å². The molecule has 0 unspecified atom stereocenters. The molecule has 26 heavy (non-hydrogen) atoms. The van der Waals surface area contributed by atoms with Gasteiger partial charge < -0.3 is 19.7 Å². The van der Waals surface area contributed by atoms with Crippen LogP contribution < -0.4 is 15.0 Å². The minimum Gasteiger partial charge on any atom is -0.481 e. The summed E-state index contributed by atoms with van der Waals surface area (Å²) in [6.45, 7) is 6.04. The van der Waals surface area contributed by atoms with Gasteiger partial charge in [-0.05, 0) is 32.0 Å². The number of methoxy groups -OCH3 is 1. The monoisotopic (exact) mass is 356 g/mol. The first kappa shape index (κ1) is 18.1. The lowest BCUT2D eigenvalue weighted by Gasteiger charge is -2.36. The number of morpholine rings is 1. The fraction of sp³-hybridized carbons (Fsp3) is 0.421. The van der Waals surface area contributed by atoms with Gasteiger partial charge in [0.15, 0.2) is 0 Å². The van der Waals surface area contributed by atoms with Gasteiger partial charge in [-0.3, -0.25) is 4.79 Å². The normalized spacial score (nSPS) is 19.9. The molecule has 0 bridgehead atoms. The maximum absolute atomic E-state index is 12.4. The van der Waals surface area contributed by atoms with Crippen LogP contribution in [0.4, 0.5) is 5.82 Å². The molecular formula is C19H24N4O3. The van der Waals surface area contributed by atoms with E-state index in [9.17, 15) is 4.79 Å². The van der Waals surface area contributed by atoms with Crippen LogP contribution in [0.3, 0.4) is 0 Å². The highest BCUT2D eigenvalue weighted by atomic mass is 16.5. The van der Waals surface area contributed by atoms with E-state index in [1.165, 1.54) is 0 Å². The summed E-state index contributed by atoms with van der Waals surface area (Å²) in [5.41, 5.74) is 1.34. The molecule has 1 amide bonds. The van der Waals surface area contributed by atoms with Crippen molar-refractivity contribution in [3.05, 3.63) is 47.8 Å². The Morgan fingerprint density at radius 1 is 1.27 bits per heavy atom. The van der Waals surface area contributed by atoms with E-state index in [4.69, 9.17) is 9.47 Å². The van der Waals surface area contributed by atoms with E-state index < -0.39 is 0 Å². The van der Waals surface area contributed by atoms with Crippen LogP contribution in [0.1, 0.15) is 29.8 Å². The van der Waals surface area contributed by atoms with Gasteiger partial charge in [0, 0.05) is 37.6 Å². The average molecular weight is 356 g/mol. The molecule has 2 atom stereocenters. The summed E-state index contributed by atoms with van der Waals surface area (Å²) in [7, 11) is 1.56. The van der Waals surface area contributed by atoms with Crippen molar-refractivity contribution in [2.24, 2.45) is 0 Å². The number of rotatable bonds is 5. The van der Waals surface area contributed by atoms with E-state index in [-0.39, 0.29) is 18.1 Å². The summed E-state index contributed by atoms with van der Waals surface area (Å²) in [4.78, 5) is 23.1. The predicted octanol–water partition coefficient (Wildman–Crippen LogP) is 2.03. The molecule has 1 fully saturated rings. The summed E-state index contributed by atoms with van der Waals surface area (Å²) in [6, 6.07) is 7.35. The van der Waals surface area contributed by atoms with E-state index in [0.717, 1.165) is 24.5 Å². The number of anilines is 1. The maximum atomic E-state index is 12.4. The number of nitrogens with one attached hydrogen (secondary N) is 1. The molecule has 0 saturated carbocycles. The molecular weight excluding hydrogens is 332 g/mol. The Kier molecular flexibility index (Phi) is 5.68. The van der Waals surface area contributed by atoms with Gasteiger partial charge in [-0.15, -0.1) is 0 Å². The van der Waals surface area contributed by atoms with Gasteiger partial charge in [0.1, 0.15) is 5.82 Å². The van der Waals surface area contributed by atoms with Crippen molar-refractivity contribution in [1.82, 2.24) is 15.3 Å². The molecule has 2 aromatic rings. The van der Waals surface area contributed by atoms with Crippen molar-refractivity contribution in [2.75, 3.05) is 25.1 Å². The number of ether oxygens (including phenoxy) is 2. The number of hydrogen-bond donors (Lipinski definition) is 1. The van der Waals surface area contributed by atoms with Crippen molar-refractivity contribution in [1.29, 1.82) is 0 Å². The number of amides is 1. The molecule has 0 spiro atoms. The van der Waals surface area contributed by atoms with Crippen LogP contribution in [0, 0.1) is 0 Å². The summed E-state index contributed by atoms with van der Waals surface area (Å²) >= 11 is 0. The Hall–Kier alpha value is -2.67. The number of carbonyl (C=O) groups is 1. The molecule has 138 valence electrons. The molecule has 0 aromatic carbocycles. The van der Waals surface area contributed by atoms with Gasteiger partial charge in [0.05, 0.1) is 24.9 Å². The summed E-state index contributed by atoms with van der Waals surface area (Å²) in [5, 5.41) is 2.87. The average Bonchev–Trinajstić information content (AvgIpc) is 2.65. The van der Waals surface area contributed by atoms with Crippen LogP contribution in [-0.4, -0.2) is 48.3 Å². The minimum absolute atomic E-state index is 0.165. The Morgan fingerprint density at radius 2 is 2.04 bits per heavy atom. The van der Waals surface area contributed by atoms with E-state index in [1.54, 1.807) is 25.6 Å². The smallest absolute Gasteiger partial charge is 0.253 e.